The summed E-state index contributed by atoms with van der Waals surface area (Å²) in [5, 5.41) is 3.33. The van der Waals surface area contributed by atoms with Gasteiger partial charge in [0, 0.05) is 25.3 Å². The van der Waals surface area contributed by atoms with E-state index < -0.39 is 10.0 Å². The summed E-state index contributed by atoms with van der Waals surface area (Å²) >= 11 is 0. The molecule has 0 bridgehead atoms. The van der Waals surface area contributed by atoms with Crippen LogP contribution in [0.3, 0.4) is 0 Å². The summed E-state index contributed by atoms with van der Waals surface area (Å²) in [6, 6.07) is 3.71. The second-order valence-electron chi connectivity index (χ2n) is 5.29. The lowest BCUT2D eigenvalue weighted by Crippen LogP contribution is -2.28. The molecule has 1 heterocycles. The predicted octanol–water partition coefficient (Wildman–Crippen LogP) is 1.51. The first-order valence-corrected chi connectivity index (χ1v) is 7.97. The molecule has 0 aliphatic rings. The minimum atomic E-state index is -3.48. The lowest BCUT2D eigenvalue weighted by Gasteiger charge is -2.10. The van der Waals surface area contributed by atoms with Crippen molar-refractivity contribution >= 4 is 10.0 Å². The van der Waals surface area contributed by atoms with Gasteiger partial charge in [-0.05, 0) is 17.5 Å². The third kappa shape index (κ3) is 5.67. The number of hydrogen-bond donors (Lipinski definition) is 2. The number of rotatable bonds is 7. The number of nitrogens with one attached hydrogen (secondary N) is 2. The molecule has 1 rings (SSSR count). The monoisotopic (exact) mass is 285 g/mol. The standard InChI is InChI=1S/C13H23N3O2S/c1-10(2)7-16-19(17,18)13-6-5-12(9-15-13)8-14-11(3)4/h5-6,9-11,14,16H,7-8H2,1-4H3. The van der Waals surface area contributed by atoms with Gasteiger partial charge >= 0.3 is 0 Å². The lowest BCUT2D eigenvalue weighted by atomic mass is 10.2. The Morgan fingerprint density at radius 2 is 1.89 bits per heavy atom. The Morgan fingerprint density at radius 3 is 2.37 bits per heavy atom. The van der Waals surface area contributed by atoms with Crippen molar-refractivity contribution < 1.29 is 8.42 Å². The molecule has 1 aromatic rings. The SMILES string of the molecule is CC(C)CNS(=O)(=O)c1ccc(CNC(C)C)cn1. The Hall–Kier alpha value is -0.980. The van der Waals surface area contributed by atoms with E-state index in [2.05, 4.69) is 28.9 Å². The van der Waals surface area contributed by atoms with Gasteiger partial charge in [-0.15, -0.1) is 0 Å². The number of hydrogen-bond acceptors (Lipinski definition) is 4. The summed E-state index contributed by atoms with van der Waals surface area (Å²) in [4.78, 5) is 4.02. The van der Waals surface area contributed by atoms with Crippen molar-refractivity contribution in [3.05, 3.63) is 23.9 Å². The van der Waals surface area contributed by atoms with Gasteiger partial charge in [-0.2, -0.15) is 0 Å². The molecule has 0 unspecified atom stereocenters. The number of pyridine rings is 1. The van der Waals surface area contributed by atoms with Crippen molar-refractivity contribution in [2.75, 3.05) is 6.54 Å². The second-order valence-corrected chi connectivity index (χ2v) is 7.00. The van der Waals surface area contributed by atoms with Crippen LogP contribution in [-0.4, -0.2) is 26.0 Å². The molecule has 1 aromatic heterocycles. The van der Waals surface area contributed by atoms with Crippen LogP contribution in [0, 0.1) is 5.92 Å². The average Bonchev–Trinajstić information content (AvgIpc) is 2.34. The van der Waals surface area contributed by atoms with Gasteiger partial charge in [0.05, 0.1) is 0 Å². The summed E-state index contributed by atoms with van der Waals surface area (Å²) in [7, 11) is -3.48. The van der Waals surface area contributed by atoms with Gasteiger partial charge in [0.2, 0.25) is 0 Å². The third-order valence-electron chi connectivity index (χ3n) is 2.47. The quantitative estimate of drug-likeness (QED) is 0.796. The van der Waals surface area contributed by atoms with Crippen molar-refractivity contribution in [2.45, 2.75) is 45.3 Å². The molecule has 0 fully saturated rings. The molecular weight excluding hydrogens is 262 g/mol. The summed E-state index contributed by atoms with van der Waals surface area (Å²) in [5.41, 5.74) is 0.969. The maximum atomic E-state index is 11.9. The normalized spacial score (nSPS) is 12.3. The Morgan fingerprint density at radius 1 is 1.21 bits per heavy atom. The fourth-order valence-electron chi connectivity index (χ4n) is 1.35. The van der Waals surface area contributed by atoms with Crippen LogP contribution in [0.2, 0.25) is 0 Å². The molecule has 5 nitrogen and oxygen atoms in total. The van der Waals surface area contributed by atoms with E-state index in [0.717, 1.165) is 5.56 Å². The molecule has 6 heteroatoms. The third-order valence-corrected chi connectivity index (χ3v) is 3.81. The van der Waals surface area contributed by atoms with Crippen LogP contribution in [0.5, 0.6) is 0 Å². The highest BCUT2D eigenvalue weighted by atomic mass is 32.2. The first-order chi connectivity index (χ1) is 8.81. The van der Waals surface area contributed by atoms with Crippen LogP contribution >= 0.6 is 0 Å². The summed E-state index contributed by atoms with van der Waals surface area (Å²) in [6.07, 6.45) is 1.60. The fourth-order valence-corrected chi connectivity index (χ4v) is 2.49. The van der Waals surface area contributed by atoms with E-state index in [-0.39, 0.29) is 10.9 Å². The zero-order chi connectivity index (χ0) is 14.5. The summed E-state index contributed by atoms with van der Waals surface area (Å²) in [5.74, 6) is 0.268. The first-order valence-electron chi connectivity index (χ1n) is 6.49. The van der Waals surface area contributed by atoms with Crippen LogP contribution in [0.1, 0.15) is 33.3 Å². The van der Waals surface area contributed by atoms with Crippen LogP contribution in [0.15, 0.2) is 23.4 Å². The molecule has 0 aromatic carbocycles. The zero-order valence-corrected chi connectivity index (χ0v) is 12.8. The van der Waals surface area contributed by atoms with Crippen molar-refractivity contribution in [2.24, 2.45) is 5.92 Å². The number of sulfonamides is 1. The van der Waals surface area contributed by atoms with Gasteiger partial charge in [0.25, 0.3) is 10.0 Å². The highest BCUT2D eigenvalue weighted by molar-refractivity contribution is 7.89. The average molecular weight is 285 g/mol. The van der Waals surface area contributed by atoms with E-state index in [1.54, 1.807) is 18.3 Å². The van der Waals surface area contributed by atoms with Crippen LogP contribution in [-0.2, 0) is 16.6 Å². The van der Waals surface area contributed by atoms with E-state index in [1.807, 2.05) is 13.8 Å². The summed E-state index contributed by atoms with van der Waals surface area (Å²) in [6.45, 7) is 9.13. The molecule has 19 heavy (non-hydrogen) atoms. The molecule has 0 saturated carbocycles. The molecule has 2 N–H and O–H groups in total. The fraction of sp³-hybridized carbons (Fsp3) is 0.615. The van der Waals surface area contributed by atoms with Crippen molar-refractivity contribution in [3.63, 3.8) is 0 Å². The van der Waals surface area contributed by atoms with Crippen LogP contribution in [0.25, 0.3) is 0 Å². The number of aromatic nitrogens is 1. The lowest BCUT2D eigenvalue weighted by molar-refractivity contribution is 0.556. The molecular formula is C13H23N3O2S. The minimum Gasteiger partial charge on any atom is -0.310 e. The Bertz CT molecular complexity index is 481. The van der Waals surface area contributed by atoms with Crippen molar-refractivity contribution in [1.29, 1.82) is 0 Å². The molecule has 0 amide bonds. The van der Waals surface area contributed by atoms with Crippen LogP contribution < -0.4 is 10.0 Å². The molecule has 108 valence electrons. The highest BCUT2D eigenvalue weighted by Crippen LogP contribution is 2.07. The molecule has 0 aliphatic heterocycles. The molecule has 0 atom stereocenters. The van der Waals surface area contributed by atoms with Crippen molar-refractivity contribution in [1.82, 2.24) is 15.0 Å². The van der Waals surface area contributed by atoms with Gasteiger partial charge < -0.3 is 5.32 Å². The smallest absolute Gasteiger partial charge is 0.258 e. The molecule has 0 radical (unpaired) electrons. The highest BCUT2D eigenvalue weighted by Gasteiger charge is 2.15. The van der Waals surface area contributed by atoms with Gasteiger partial charge in [-0.3, -0.25) is 0 Å². The van der Waals surface area contributed by atoms with E-state index in [1.165, 1.54) is 0 Å². The minimum absolute atomic E-state index is 0.0708. The topological polar surface area (TPSA) is 71.1 Å². The largest absolute Gasteiger partial charge is 0.310 e. The van der Waals surface area contributed by atoms with E-state index in [9.17, 15) is 8.42 Å². The maximum absolute atomic E-state index is 11.9. The predicted molar refractivity (Wildman–Crippen MR) is 76.2 cm³/mol. The molecule has 0 aliphatic carbocycles. The maximum Gasteiger partial charge on any atom is 0.258 e. The number of nitrogens with zero attached hydrogens (tertiary/aromatic N) is 1. The Kier molecular flexibility index (Phi) is 5.90. The Balaban J connectivity index is 2.69. The summed E-state index contributed by atoms with van der Waals surface area (Å²) < 4.78 is 26.4. The van der Waals surface area contributed by atoms with E-state index >= 15 is 0 Å². The first kappa shape index (κ1) is 16.1. The molecule has 0 spiro atoms. The van der Waals surface area contributed by atoms with Crippen LogP contribution in [0.4, 0.5) is 0 Å². The van der Waals surface area contributed by atoms with Gasteiger partial charge in [0.15, 0.2) is 5.03 Å². The van der Waals surface area contributed by atoms with Gasteiger partial charge in [-0.1, -0.05) is 33.8 Å². The molecule has 0 saturated heterocycles. The van der Waals surface area contributed by atoms with E-state index in [4.69, 9.17) is 0 Å². The zero-order valence-electron chi connectivity index (χ0n) is 12.0. The van der Waals surface area contributed by atoms with Gasteiger partial charge in [0.1, 0.15) is 0 Å². The van der Waals surface area contributed by atoms with Gasteiger partial charge in [-0.25, -0.2) is 18.1 Å². The Labute approximate surface area is 115 Å². The van der Waals surface area contributed by atoms with E-state index in [0.29, 0.717) is 19.1 Å². The van der Waals surface area contributed by atoms with Crippen molar-refractivity contribution in [3.8, 4) is 0 Å². The second kappa shape index (κ2) is 6.98.